The Balaban J connectivity index is 1.51. The molecule has 0 saturated heterocycles. The van der Waals surface area contributed by atoms with Gasteiger partial charge in [0.1, 0.15) is 5.75 Å². The van der Waals surface area contributed by atoms with Gasteiger partial charge in [0.2, 0.25) is 0 Å². The first-order valence-electron chi connectivity index (χ1n) is 8.10. The Morgan fingerprint density at radius 2 is 2.04 bits per heavy atom. The minimum Gasteiger partial charge on any atom is -0.494 e. The molecule has 1 aromatic carbocycles. The van der Waals surface area contributed by atoms with Crippen molar-refractivity contribution in [1.29, 1.82) is 0 Å². The highest BCUT2D eigenvalue weighted by Gasteiger charge is 2.16. The molecule has 2 aromatic rings. The molecule has 0 bridgehead atoms. The molecule has 3 rings (SSSR count). The molecule has 0 spiro atoms. The van der Waals surface area contributed by atoms with Crippen LogP contribution in [0.3, 0.4) is 0 Å². The normalized spacial score (nSPS) is 15.5. The number of ether oxygens (including phenoxy) is 1. The number of hydrogen-bond donors (Lipinski definition) is 1. The third-order valence-electron chi connectivity index (χ3n) is 3.98. The van der Waals surface area contributed by atoms with Crippen LogP contribution in [-0.2, 0) is 12.8 Å². The molecule has 2 N–H and O–H groups in total. The number of anilines is 1. The van der Waals surface area contributed by atoms with Crippen LogP contribution in [0, 0.1) is 0 Å². The number of aromatic nitrogens is 1. The molecule has 122 valence electrons. The highest BCUT2D eigenvalue weighted by atomic mass is 32.1. The molecule has 0 saturated carbocycles. The van der Waals surface area contributed by atoms with E-state index in [-0.39, 0.29) is 0 Å². The van der Waals surface area contributed by atoms with Gasteiger partial charge in [-0.05, 0) is 31.0 Å². The summed E-state index contributed by atoms with van der Waals surface area (Å²) in [5, 5.41) is 0.707. The standard InChI is InChI=1S/C18H23N3OS/c1-2-22-15-7-5-14(6-8-15)4-3-11-21-12-9-16-17(10-13-21)23-18(19)20-16/h3-8H,2,9-13H2,1H3,(H2,19,20)/b4-3+. The summed E-state index contributed by atoms with van der Waals surface area (Å²) in [6.07, 6.45) is 6.46. The van der Waals surface area contributed by atoms with E-state index in [9.17, 15) is 0 Å². The summed E-state index contributed by atoms with van der Waals surface area (Å²) in [5.41, 5.74) is 8.20. The summed E-state index contributed by atoms with van der Waals surface area (Å²) in [6.45, 7) is 5.79. The lowest BCUT2D eigenvalue weighted by atomic mass is 10.2. The zero-order chi connectivity index (χ0) is 16.1. The molecule has 0 unspecified atom stereocenters. The first-order chi connectivity index (χ1) is 11.2. The van der Waals surface area contributed by atoms with Crippen LogP contribution in [0.4, 0.5) is 5.13 Å². The number of thiazole rings is 1. The summed E-state index contributed by atoms with van der Waals surface area (Å²) in [7, 11) is 0. The van der Waals surface area contributed by atoms with Crippen molar-refractivity contribution in [3.8, 4) is 5.75 Å². The minimum atomic E-state index is 0.705. The van der Waals surface area contributed by atoms with Gasteiger partial charge in [-0.25, -0.2) is 4.98 Å². The SMILES string of the molecule is CCOc1ccc(/C=C/CN2CCc3nc(N)sc3CC2)cc1. The second-order valence-electron chi connectivity index (χ2n) is 5.63. The van der Waals surface area contributed by atoms with Crippen LogP contribution in [0.5, 0.6) is 5.75 Å². The highest BCUT2D eigenvalue weighted by Crippen LogP contribution is 2.24. The first kappa shape index (κ1) is 16.0. The summed E-state index contributed by atoms with van der Waals surface area (Å²) < 4.78 is 5.46. The van der Waals surface area contributed by atoms with Crippen LogP contribution in [0.1, 0.15) is 23.1 Å². The Hall–Kier alpha value is -1.85. The van der Waals surface area contributed by atoms with E-state index < -0.39 is 0 Å². The fourth-order valence-electron chi connectivity index (χ4n) is 2.79. The molecule has 0 fully saturated rings. The van der Waals surface area contributed by atoms with E-state index in [0.29, 0.717) is 11.7 Å². The fourth-order valence-corrected chi connectivity index (χ4v) is 3.66. The van der Waals surface area contributed by atoms with Crippen molar-refractivity contribution in [2.45, 2.75) is 19.8 Å². The lowest BCUT2D eigenvalue weighted by molar-refractivity contribution is 0.318. The average Bonchev–Trinajstić information content (AvgIpc) is 2.81. The lowest BCUT2D eigenvalue weighted by Crippen LogP contribution is -2.26. The average molecular weight is 329 g/mol. The van der Waals surface area contributed by atoms with Crippen LogP contribution < -0.4 is 10.5 Å². The number of nitrogens with two attached hydrogens (primary N) is 1. The minimum absolute atomic E-state index is 0.705. The molecule has 1 aromatic heterocycles. The predicted octanol–water partition coefficient (Wildman–Crippen LogP) is 3.24. The number of nitrogens with zero attached hydrogens (tertiary/aromatic N) is 2. The number of fused-ring (bicyclic) bond motifs is 1. The van der Waals surface area contributed by atoms with Crippen LogP contribution >= 0.6 is 11.3 Å². The van der Waals surface area contributed by atoms with Crippen molar-refractivity contribution in [3.63, 3.8) is 0 Å². The van der Waals surface area contributed by atoms with E-state index in [2.05, 4.69) is 34.2 Å². The fraction of sp³-hybridized carbons (Fsp3) is 0.389. The maximum atomic E-state index is 5.79. The van der Waals surface area contributed by atoms with Gasteiger partial charge >= 0.3 is 0 Å². The second kappa shape index (κ2) is 7.62. The summed E-state index contributed by atoms with van der Waals surface area (Å²) in [4.78, 5) is 8.27. The summed E-state index contributed by atoms with van der Waals surface area (Å²) >= 11 is 1.64. The summed E-state index contributed by atoms with van der Waals surface area (Å²) in [5.74, 6) is 0.926. The van der Waals surface area contributed by atoms with Crippen molar-refractivity contribution in [2.24, 2.45) is 0 Å². The Bertz CT molecular complexity index is 638. The summed E-state index contributed by atoms with van der Waals surface area (Å²) in [6, 6.07) is 8.22. The van der Waals surface area contributed by atoms with Gasteiger partial charge in [-0.2, -0.15) is 0 Å². The molecule has 23 heavy (non-hydrogen) atoms. The van der Waals surface area contributed by atoms with Crippen molar-refractivity contribution >= 4 is 22.5 Å². The van der Waals surface area contributed by atoms with E-state index in [1.165, 1.54) is 16.1 Å². The maximum absolute atomic E-state index is 5.79. The molecule has 1 aliphatic rings. The smallest absolute Gasteiger partial charge is 0.180 e. The van der Waals surface area contributed by atoms with Gasteiger partial charge in [0, 0.05) is 30.9 Å². The van der Waals surface area contributed by atoms with Gasteiger partial charge in [0.05, 0.1) is 12.3 Å². The molecule has 4 nitrogen and oxygen atoms in total. The Morgan fingerprint density at radius 3 is 2.83 bits per heavy atom. The van der Waals surface area contributed by atoms with Gasteiger partial charge in [0.25, 0.3) is 0 Å². The number of rotatable bonds is 5. The maximum Gasteiger partial charge on any atom is 0.180 e. The van der Waals surface area contributed by atoms with Crippen LogP contribution in [-0.4, -0.2) is 36.1 Å². The first-order valence-corrected chi connectivity index (χ1v) is 8.92. The third kappa shape index (κ3) is 4.33. The Kier molecular flexibility index (Phi) is 5.31. The largest absolute Gasteiger partial charge is 0.494 e. The van der Waals surface area contributed by atoms with Gasteiger partial charge in [-0.3, -0.25) is 4.90 Å². The van der Waals surface area contributed by atoms with Crippen molar-refractivity contribution in [1.82, 2.24) is 9.88 Å². The predicted molar refractivity (Wildman–Crippen MR) is 97.0 cm³/mol. The highest BCUT2D eigenvalue weighted by molar-refractivity contribution is 7.15. The zero-order valence-corrected chi connectivity index (χ0v) is 14.3. The molecule has 0 aliphatic carbocycles. The molecule has 5 heteroatoms. The molecule has 2 heterocycles. The number of hydrogen-bond acceptors (Lipinski definition) is 5. The van der Waals surface area contributed by atoms with Crippen molar-refractivity contribution in [2.75, 3.05) is 32.0 Å². The van der Waals surface area contributed by atoms with E-state index >= 15 is 0 Å². The quantitative estimate of drug-likeness (QED) is 0.915. The van der Waals surface area contributed by atoms with E-state index in [4.69, 9.17) is 10.5 Å². The van der Waals surface area contributed by atoms with E-state index in [1.807, 2.05) is 19.1 Å². The molecular formula is C18H23N3OS. The third-order valence-corrected chi connectivity index (χ3v) is 4.97. The molecule has 0 radical (unpaired) electrons. The molecule has 0 amide bonds. The lowest BCUT2D eigenvalue weighted by Gasteiger charge is -2.17. The van der Waals surface area contributed by atoms with Crippen LogP contribution in [0.15, 0.2) is 30.3 Å². The van der Waals surface area contributed by atoms with Crippen LogP contribution in [0.25, 0.3) is 6.08 Å². The van der Waals surface area contributed by atoms with Crippen molar-refractivity contribution < 1.29 is 4.74 Å². The zero-order valence-electron chi connectivity index (χ0n) is 13.5. The number of nitrogen functional groups attached to an aromatic ring is 1. The molecule has 0 atom stereocenters. The monoisotopic (exact) mass is 329 g/mol. The van der Waals surface area contributed by atoms with Crippen LogP contribution in [0.2, 0.25) is 0 Å². The molecule has 1 aliphatic heterocycles. The Morgan fingerprint density at radius 1 is 1.26 bits per heavy atom. The van der Waals surface area contributed by atoms with Gasteiger partial charge in [0.15, 0.2) is 5.13 Å². The van der Waals surface area contributed by atoms with Gasteiger partial charge < -0.3 is 10.5 Å². The second-order valence-corrected chi connectivity index (χ2v) is 6.74. The van der Waals surface area contributed by atoms with Crippen molar-refractivity contribution in [3.05, 3.63) is 46.5 Å². The molecular weight excluding hydrogens is 306 g/mol. The number of benzene rings is 1. The van der Waals surface area contributed by atoms with Gasteiger partial charge in [-0.1, -0.05) is 24.3 Å². The van der Waals surface area contributed by atoms with E-state index in [1.54, 1.807) is 11.3 Å². The van der Waals surface area contributed by atoms with E-state index in [0.717, 1.165) is 38.2 Å². The van der Waals surface area contributed by atoms with Gasteiger partial charge in [-0.15, -0.1) is 11.3 Å². The Labute approximate surface area is 141 Å². The topological polar surface area (TPSA) is 51.4 Å².